The van der Waals surface area contributed by atoms with E-state index in [1.165, 1.54) is 28.4 Å². The third kappa shape index (κ3) is 6.76. The van der Waals surface area contributed by atoms with E-state index in [1.807, 2.05) is 6.92 Å². The number of nitrogen functional groups attached to an aromatic ring is 1. The monoisotopic (exact) mass is 413 g/mol. The van der Waals surface area contributed by atoms with E-state index in [4.69, 9.17) is 23.7 Å². The van der Waals surface area contributed by atoms with Gasteiger partial charge in [-0.1, -0.05) is 38.9 Å². The molecular formula is C19H35N5OS2. The topological polar surface area (TPSA) is 91.3 Å². The Morgan fingerprint density at radius 3 is 2.52 bits per heavy atom. The summed E-state index contributed by atoms with van der Waals surface area (Å²) in [5, 5.41) is 0.886. The number of aliphatic imine (C=N–C) groups is 1. The number of nitrogens with zero attached hydrogens (tertiary/aromatic N) is 3. The molecule has 2 atom stereocenters. The van der Waals surface area contributed by atoms with Crippen LogP contribution in [0.3, 0.4) is 0 Å². The molecule has 8 heteroatoms. The van der Waals surface area contributed by atoms with Crippen LogP contribution >= 0.6 is 24.0 Å². The summed E-state index contributed by atoms with van der Waals surface area (Å²) in [6, 6.07) is 0. The van der Waals surface area contributed by atoms with Gasteiger partial charge < -0.3 is 11.5 Å². The fraction of sp³-hybridized carbons (Fsp3) is 0.737. The van der Waals surface area contributed by atoms with Crippen LogP contribution in [-0.4, -0.2) is 26.5 Å². The highest BCUT2D eigenvalue weighted by atomic mass is 32.2. The molecule has 0 aliphatic heterocycles. The highest BCUT2D eigenvalue weighted by Crippen LogP contribution is 2.26. The lowest BCUT2D eigenvalue weighted by atomic mass is 9.84. The number of hydrogen-bond acceptors (Lipinski definition) is 6. The molecule has 1 aromatic rings. The molecule has 0 amide bonds. The van der Waals surface area contributed by atoms with E-state index >= 15 is 0 Å². The Morgan fingerprint density at radius 2 is 1.93 bits per heavy atom. The van der Waals surface area contributed by atoms with E-state index < -0.39 is 0 Å². The second-order valence-electron chi connectivity index (χ2n) is 7.17. The van der Waals surface area contributed by atoms with Gasteiger partial charge in [0.05, 0.1) is 5.04 Å². The van der Waals surface area contributed by atoms with Gasteiger partial charge in [-0.25, -0.2) is 9.79 Å². The van der Waals surface area contributed by atoms with Crippen LogP contribution < -0.4 is 17.2 Å². The summed E-state index contributed by atoms with van der Waals surface area (Å²) in [4.78, 5) is 16.7. The average Bonchev–Trinajstić information content (AvgIpc) is 2.64. The first-order chi connectivity index (χ1) is 12.7. The summed E-state index contributed by atoms with van der Waals surface area (Å²) in [5.74, 6) is 2.85. The molecule has 0 aliphatic rings. The Labute approximate surface area is 172 Å². The van der Waals surface area contributed by atoms with Crippen molar-refractivity contribution in [1.82, 2.24) is 9.13 Å². The molecule has 27 heavy (non-hydrogen) atoms. The Bertz CT molecular complexity index is 716. The van der Waals surface area contributed by atoms with E-state index in [0.29, 0.717) is 22.1 Å². The SMILES string of the molecule is CCCC(C)C(CCN)CCCSC(C)=Nc1c(N)c(=S)n(C)c(=O)n1C. The van der Waals surface area contributed by atoms with Crippen LogP contribution in [0, 0.1) is 16.5 Å². The summed E-state index contributed by atoms with van der Waals surface area (Å²) < 4.78 is 3.13. The van der Waals surface area contributed by atoms with E-state index in [1.54, 1.807) is 25.9 Å². The molecule has 1 aromatic heterocycles. The minimum Gasteiger partial charge on any atom is -0.393 e. The molecule has 6 nitrogen and oxygen atoms in total. The van der Waals surface area contributed by atoms with Crippen LogP contribution in [0.1, 0.15) is 52.9 Å². The van der Waals surface area contributed by atoms with Crippen molar-refractivity contribution in [3.8, 4) is 0 Å². The summed E-state index contributed by atoms with van der Waals surface area (Å²) in [5.41, 5.74) is 12.0. The molecule has 0 aliphatic carbocycles. The van der Waals surface area contributed by atoms with Gasteiger partial charge in [0, 0.05) is 14.1 Å². The van der Waals surface area contributed by atoms with Gasteiger partial charge in [0.15, 0.2) is 5.82 Å². The molecule has 0 radical (unpaired) electrons. The molecule has 0 spiro atoms. The molecular weight excluding hydrogens is 378 g/mol. The summed E-state index contributed by atoms with van der Waals surface area (Å²) in [6.45, 7) is 7.29. The molecule has 1 rings (SSSR count). The van der Waals surface area contributed by atoms with E-state index in [2.05, 4.69) is 18.8 Å². The maximum Gasteiger partial charge on any atom is 0.330 e. The molecule has 2 unspecified atom stereocenters. The third-order valence-electron chi connectivity index (χ3n) is 5.05. The number of thioether (sulfide) groups is 1. The molecule has 0 saturated heterocycles. The number of hydrogen-bond donors (Lipinski definition) is 2. The second kappa shape index (κ2) is 11.7. The van der Waals surface area contributed by atoms with E-state index in [-0.39, 0.29) is 5.69 Å². The van der Waals surface area contributed by atoms with Crippen molar-refractivity contribution < 1.29 is 0 Å². The number of rotatable bonds is 10. The van der Waals surface area contributed by atoms with Gasteiger partial charge in [-0.2, -0.15) is 0 Å². The van der Waals surface area contributed by atoms with Gasteiger partial charge in [-0.3, -0.25) is 9.13 Å². The van der Waals surface area contributed by atoms with E-state index in [0.717, 1.165) is 36.1 Å². The van der Waals surface area contributed by atoms with Crippen molar-refractivity contribution in [1.29, 1.82) is 0 Å². The third-order valence-corrected chi connectivity index (χ3v) is 6.54. The summed E-state index contributed by atoms with van der Waals surface area (Å²) in [7, 11) is 3.28. The number of nitrogens with two attached hydrogens (primary N) is 2. The van der Waals surface area contributed by atoms with Crippen molar-refractivity contribution in [3.05, 3.63) is 15.1 Å². The first kappa shape index (κ1) is 23.9. The Hall–Kier alpha value is -1.12. The maximum atomic E-state index is 12.2. The van der Waals surface area contributed by atoms with Crippen LogP contribution in [0.15, 0.2) is 9.79 Å². The van der Waals surface area contributed by atoms with Gasteiger partial charge in [-0.15, -0.1) is 11.8 Å². The zero-order chi connectivity index (χ0) is 20.6. The van der Waals surface area contributed by atoms with Crippen molar-refractivity contribution >= 4 is 40.5 Å². The van der Waals surface area contributed by atoms with Crippen LogP contribution in [0.4, 0.5) is 11.5 Å². The minimum atomic E-state index is -0.222. The smallest absolute Gasteiger partial charge is 0.330 e. The molecule has 0 bridgehead atoms. The lowest BCUT2D eigenvalue weighted by Crippen LogP contribution is -2.28. The molecule has 0 saturated carbocycles. The quantitative estimate of drug-likeness (QED) is 0.262. The van der Waals surface area contributed by atoms with Gasteiger partial charge >= 0.3 is 5.69 Å². The molecule has 1 heterocycles. The van der Waals surface area contributed by atoms with Gasteiger partial charge in [0.1, 0.15) is 10.3 Å². The first-order valence-electron chi connectivity index (χ1n) is 9.68. The Kier molecular flexibility index (Phi) is 10.3. The zero-order valence-corrected chi connectivity index (χ0v) is 19.0. The fourth-order valence-electron chi connectivity index (χ4n) is 3.36. The van der Waals surface area contributed by atoms with Crippen molar-refractivity contribution in [2.24, 2.45) is 36.7 Å². The first-order valence-corrected chi connectivity index (χ1v) is 11.1. The Morgan fingerprint density at radius 1 is 1.26 bits per heavy atom. The lowest BCUT2D eigenvalue weighted by molar-refractivity contribution is 0.299. The Balaban J connectivity index is 2.71. The van der Waals surface area contributed by atoms with Gasteiger partial charge in [0.2, 0.25) is 0 Å². The maximum absolute atomic E-state index is 12.2. The lowest BCUT2D eigenvalue weighted by Gasteiger charge is -2.23. The second-order valence-corrected chi connectivity index (χ2v) is 8.84. The zero-order valence-electron chi connectivity index (χ0n) is 17.3. The van der Waals surface area contributed by atoms with Crippen LogP contribution in [0.25, 0.3) is 0 Å². The van der Waals surface area contributed by atoms with Crippen LogP contribution in [-0.2, 0) is 14.1 Å². The fourth-order valence-corrected chi connectivity index (χ4v) is 4.29. The highest BCUT2D eigenvalue weighted by Gasteiger charge is 2.15. The molecule has 0 fully saturated rings. The predicted octanol–water partition coefficient (Wildman–Crippen LogP) is 4.00. The number of anilines is 1. The number of aromatic nitrogens is 2. The van der Waals surface area contributed by atoms with Crippen molar-refractivity contribution in [3.63, 3.8) is 0 Å². The van der Waals surface area contributed by atoms with Crippen molar-refractivity contribution in [2.75, 3.05) is 18.0 Å². The van der Waals surface area contributed by atoms with Crippen LogP contribution in [0.2, 0.25) is 0 Å². The van der Waals surface area contributed by atoms with E-state index in [9.17, 15) is 4.79 Å². The minimum absolute atomic E-state index is 0.222. The summed E-state index contributed by atoms with van der Waals surface area (Å²) in [6.07, 6.45) is 5.90. The highest BCUT2D eigenvalue weighted by molar-refractivity contribution is 8.13. The average molecular weight is 414 g/mol. The molecule has 154 valence electrons. The molecule has 4 N–H and O–H groups in total. The normalized spacial score (nSPS) is 14.4. The van der Waals surface area contributed by atoms with Crippen LogP contribution in [0.5, 0.6) is 0 Å². The van der Waals surface area contributed by atoms with Gasteiger partial charge in [-0.05, 0) is 50.3 Å². The largest absolute Gasteiger partial charge is 0.393 e. The van der Waals surface area contributed by atoms with Crippen molar-refractivity contribution in [2.45, 2.75) is 52.9 Å². The predicted molar refractivity (Wildman–Crippen MR) is 122 cm³/mol. The molecule has 0 aromatic carbocycles. The van der Waals surface area contributed by atoms with Gasteiger partial charge in [0.25, 0.3) is 0 Å². The standard InChI is InChI=1S/C19H35N5OS2/c1-6-8-13(2)15(10-11-20)9-7-12-27-14(3)22-17-16(21)18(26)24(5)19(25)23(17)4/h13,15H,6-12,20-21H2,1-5H3. The summed E-state index contributed by atoms with van der Waals surface area (Å²) >= 11 is 6.92.